The van der Waals surface area contributed by atoms with Gasteiger partial charge in [0.25, 0.3) is 0 Å². The van der Waals surface area contributed by atoms with Gasteiger partial charge in [-0.15, -0.1) is 0 Å². The van der Waals surface area contributed by atoms with Gasteiger partial charge in [0, 0.05) is 6.20 Å². The van der Waals surface area contributed by atoms with Gasteiger partial charge < -0.3 is 0 Å². The van der Waals surface area contributed by atoms with Crippen molar-refractivity contribution in [2.75, 3.05) is 0 Å². The minimum atomic E-state index is 0.610. The van der Waals surface area contributed by atoms with E-state index in [1.165, 1.54) is 31.3 Å². The molecule has 0 saturated heterocycles. The molecular weight excluding hydrogens is 112 g/mol. The third-order valence-corrected chi connectivity index (χ3v) is 2.12. The second-order valence-corrected chi connectivity index (χ2v) is 2.76. The monoisotopic (exact) mass is 123 g/mol. The Bertz CT molecular complexity index is 140. The Balaban J connectivity index is 2.09. The predicted molar refractivity (Wildman–Crippen MR) is 35.6 cm³/mol. The summed E-state index contributed by atoms with van der Waals surface area (Å²) in [7, 11) is 0. The minimum absolute atomic E-state index is 0.610. The van der Waals surface area contributed by atoms with Crippen molar-refractivity contribution >= 4 is 0 Å². The van der Waals surface area contributed by atoms with Crippen molar-refractivity contribution in [3.05, 3.63) is 11.8 Å². The Kier molecular flexibility index (Phi) is 1.19. The van der Waals surface area contributed by atoms with Gasteiger partial charge in [-0.25, -0.2) is 10.9 Å². The normalized spacial score (nSPS) is 32.9. The summed E-state index contributed by atoms with van der Waals surface area (Å²) < 4.78 is 0. The Labute approximate surface area is 55.3 Å². The van der Waals surface area contributed by atoms with Crippen LogP contribution in [0.1, 0.15) is 25.7 Å². The first-order valence-corrected chi connectivity index (χ1v) is 3.61. The summed E-state index contributed by atoms with van der Waals surface area (Å²) in [5, 5.41) is 0. The molecule has 1 N–H and O–H groups in total. The number of rotatable bonds is 0. The van der Waals surface area contributed by atoms with Crippen LogP contribution in [0.15, 0.2) is 11.8 Å². The van der Waals surface area contributed by atoms with Crippen molar-refractivity contribution in [2.24, 2.45) is 0 Å². The molecule has 1 unspecified atom stereocenters. The van der Waals surface area contributed by atoms with Crippen molar-refractivity contribution < 1.29 is 0 Å². The molecule has 1 atom stereocenters. The average Bonchev–Trinajstić information content (AvgIpc) is 2.33. The van der Waals surface area contributed by atoms with Gasteiger partial charge in [-0.2, -0.15) is 0 Å². The highest BCUT2D eigenvalue weighted by molar-refractivity contribution is 5.15. The van der Waals surface area contributed by atoms with Crippen molar-refractivity contribution in [3.63, 3.8) is 0 Å². The molecule has 0 aromatic carbocycles. The zero-order chi connectivity index (χ0) is 6.10. The fourth-order valence-electron chi connectivity index (χ4n) is 1.55. The molecule has 0 amide bonds. The van der Waals surface area contributed by atoms with Gasteiger partial charge in [-0.05, 0) is 24.8 Å². The van der Waals surface area contributed by atoms with Gasteiger partial charge in [-0.1, -0.05) is 6.42 Å². The zero-order valence-corrected chi connectivity index (χ0v) is 5.43. The fraction of sp³-hybridized carbons (Fsp3) is 0.714. The zero-order valence-electron chi connectivity index (χ0n) is 5.43. The summed E-state index contributed by atoms with van der Waals surface area (Å²) >= 11 is 0. The first-order valence-electron chi connectivity index (χ1n) is 3.61. The van der Waals surface area contributed by atoms with Crippen LogP contribution in [0.5, 0.6) is 0 Å². The number of nitrogens with zero attached hydrogens (tertiary/aromatic N) is 1. The number of hydrogen-bond donors (Lipinski definition) is 1. The molecule has 1 heterocycles. The third kappa shape index (κ3) is 0.833. The predicted octanol–water partition coefficient (Wildman–Crippen LogP) is 0.935. The second-order valence-electron chi connectivity index (χ2n) is 2.76. The molecule has 2 nitrogen and oxygen atoms in total. The van der Waals surface area contributed by atoms with E-state index in [2.05, 4.69) is 10.9 Å². The first-order chi connectivity index (χ1) is 4.47. The summed E-state index contributed by atoms with van der Waals surface area (Å²) in [5.41, 5.74) is 8.62. The lowest BCUT2D eigenvalue weighted by atomic mass is 9.92. The summed E-state index contributed by atoms with van der Waals surface area (Å²) in [6.45, 7) is 0. The van der Waals surface area contributed by atoms with Crippen LogP contribution >= 0.6 is 0 Å². The Morgan fingerprint density at radius 3 is 3.44 bits per heavy atom. The standard InChI is InChI=1S/C7H11N2/c1-2-4-7-6(3-1)5-8-9-7/h5,7,9H,1-4H2. The SMILES string of the molecule is C1=C2CCCCC2N[N]1. The maximum atomic E-state index is 4.02. The fourth-order valence-corrected chi connectivity index (χ4v) is 1.55. The van der Waals surface area contributed by atoms with Crippen LogP contribution in [-0.2, 0) is 0 Å². The van der Waals surface area contributed by atoms with E-state index < -0.39 is 0 Å². The number of hydrogen-bond acceptors (Lipinski definition) is 1. The van der Waals surface area contributed by atoms with Crippen LogP contribution in [0, 0.1) is 0 Å². The van der Waals surface area contributed by atoms with E-state index in [-0.39, 0.29) is 0 Å². The molecule has 1 aliphatic heterocycles. The van der Waals surface area contributed by atoms with Gasteiger partial charge in [-0.3, -0.25) is 0 Å². The van der Waals surface area contributed by atoms with E-state index in [0.717, 1.165) is 0 Å². The quantitative estimate of drug-likeness (QED) is 0.509. The molecule has 2 heteroatoms. The van der Waals surface area contributed by atoms with Crippen molar-refractivity contribution in [3.8, 4) is 0 Å². The van der Waals surface area contributed by atoms with Gasteiger partial charge >= 0.3 is 0 Å². The van der Waals surface area contributed by atoms with E-state index in [9.17, 15) is 0 Å². The molecule has 1 fully saturated rings. The van der Waals surface area contributed by atoms with E-state index in [0.29, 0.717) is 6.04 Å². The molecule has 0 bridgehead atoms. The van der Waals surface area contributed by atoms with Gasteiger partial charge in [0.1, 0.15) is 0 Å². The lowest BCUT2D eigenvalue weighted by Gasteiger charge is -2.18. The van der Waals surface area contributed by atoms with Crippen molar-refractivity contribution in [1.82, 2.24) is 10.9 Å². The Hall–Kier alpha value is -0.500. The third-order valence-electron chi connectivity index (χ3n) is 2.12. The molecule has 9 heavy (non-hydrogen) atoms. The maximum Gasteiger partial charge on any atom is 0.0509 e. The summed E-state index contributed by atoms with van der Waals surface area (Å²) in [4.78, 5) is 0. The number of nitrogens with one attached hydrogen (secondary N) is 1. The highest BCUT2D eigenvalue weighted by atomic mass is 15.4. The van der Waals surface area contributed by atoms with E-state index in [1.54, 1.807) is 0 Å². The molecule has 1 aliphatic carbocycles. The van der Waals surface area contributed by atoms with Gasteiger partial charge in [0.2, 0.25) is 0 Å². The lowest BCUT2D eigenvalue weighted by molar-refractivity contribution is 0.464. The summed E-state index contributed by atoms with van der Waals surface area (Å²) in [6, 6.07) is 0.610. The lowest BCUT2D eigenvalue weighted by Crippen LogP contribution is -2.29. The summed E-state index contributed by atoms with van der Waals surface area (Å²) in [6.07, 6.45) is 7.27. The molecule has 2 rings (SSSR count). The molecule has 49 valence electrons. The molecule has 0 spiro atoms. The maximum absolute atomic E-state index is 4.02. The molecule has 1 radical (unpaired) electrons. The van der Waals surface area contributed by atoms with Crippen LogP contribution in [0.4, 0.5) is 0 Å². The second kappa shape index (κ2) is 2.03. The van der Waals surface area contributed by atoms with Gasteiger partial charge in [0.05, 0.1) is 6.04 Å². The van der Waals surface area contributed by atoms with Crippen molar-refractivity contribution in [1.29, 1.82) is 0 Å². The largest absolute Gasteiger partial charge is 0.210 e. The Morgan fingerprint density at radius 2 is 2.56 bits per heavy atom. The van der Waals surface area contributed by atoms with E-state index in [1.807, 2.05) is 6.20 Å². The van der Waals surface area contributed by atoms with E-state index in [4.69, 9.17) is 0 Å². The van der Waals surface area contributed by atoms with Crippen LogP contribution in [0.25, 0.3) is 0 Å². The molecule has 1 saturated carbocycles. The first kappa shape index (κ1) is 5.30. The van der Waals surface area contributed by atoms with E-state index >= 15 is 0 Å². The minimum Gasteiger partial charge on any atom is -0.210 e. The van der Waals surface area contributed by atoms with Crippen LogP contribution in [0.2, 0.25) is 0 Å². The van der Waals surface area contributed by atoms with Gasteiger partial charge in [0.15, 0.2) is 0 Å². The molecule has 2 aliphatic rings. The highest BCUT2D eigenvalue weighted by Gasteiger charge is 2.22. The molecular formula is C7H11N2. The molecule has 0 aromatic heterocycles. The highest BCUT2D eigenvalue weighted by Crippen LogP contribution is 2.24. The molecule has 0 aromatic rings. The summed E-state index contributed by atoms with van der Waals surface area (Å²) in [5.74, 6) is 0. The average molecular weight is 123 g/mol. The number of fused-ring (bicyclic) bond motifs is 1. The Morgan fingerprint density at radius 1 is 1.56 bits per heavy atom. The van der Waals surface area contributed by atoms with Crippen molar-refractivity contribution in [2.45, 2.75) is 31.7 Å². The van der Waals surface area contributed by atoms with Crippen LogP contribution in [0.3, 0.4) is 0 Å². The smallest absolute Gasteiger partial charge is 0.0509 e. The van der Waals surface area contributed by atoms with Crippen LogP contribution in [-0.4, -0.2) is 6.04 Å². The topological polar surface area (TPSA) is 26.1 Å². The van der Waals surface area contributed by atoms with Crippen LogP contribution < -0.4 is 10.9 Å².